The molecule has 2 heterocycles. The van der Waals surface area contributed by atoms with E-state index in [1.165, 1.54) is 18.5 Å². The molecule has 0 radical (unpaired) electrons. The van der Waals surface area contributed by atoms with E-state index >= 15 is 0 Å². The van der Waals surface area contributed by atoms with Gasteiger partial charge in [0.2, 0.25) is 0 Å². The first kappa shape index (κ1) is 19.3. The molecule has 5 N–H and O–H groups in total. The van der Waals surface area contributed by atoms with Crippen molar-refractivity contribution in [2.24, 2.45) is 11.5 Å². The first-order valence-corrected chi connectivity index (χ1v) is 9.00. The number of benzene rings is 1. The van der Waals surface area contributed by atoms with Crippen LogP contribution in [-0.2, 0) is 22.4 Å². The Morgan fingerprint density at radius 2 is 1.78 bits per heavy atom. The molecule has 144 valence electrons. The maximum atomic E-state index is 12.5. The lowest BCUT2D eigenvalue weighted by Crippen LogP contribution is -2.41. The van der Waals surface area contributed by atoms with Gasteiger partial charge in [-0.05, 0) is 56.6 Å². The number of fused-ring (bicyclic) bond motifs is 1. The number of hydrogen-bond acceptors (Lipinski definition) is 5. The van der Waals surface area contributed by atoms with Crippen LogP contribution in [0.1, 0.15) is 38.8 Å². The van der Waals surface area contributed by atoms with E-state index in [-0.39, 0.29) is 17.2 Å². The molecular weight excluding hydrogens is 343 g/mol. The Morgan fingerprint density at radius 1 is 1.15 bits per heavy atom. The molecule has 7 nitrogen and oxygen atoms in total. The topological polar surface area (TPSA) is 103 Å². The molecular formula is C19H27BN4O3. The molecule has 0 bridgehead atoms. The summed E-state index contributed by atoms with van der Waals surface area (Å²) in [6, 6.07) is 5.87. The third-order valence-electron chi connectivity index (χ3n) is 5.47. The first-order chi connectivity index (χ1) is 12.7. The molecule has 27 heavy (non-hydrogen) atoms. The van der Waals surface area contributed by atoms with E-state index in [4.69, 9.17) is 20.8 Å². The van der Waals surface area contributed by atoms with Gasteiger partial charge >= 0.3 is 13.1 Å². The van der Waals surface area contributed by atoms with Gasteiger partial charge in [0.15, 0.2) is 0 Å². The van der Waals surface area contributed by atoms with Crippen molar-refractivity contribution in [2.75, 3.05) is 0 Å². The predicted molar refractivity (Wildman–Crippen MR) is 106 cm³/mol. The van der Waals surface area contributed by atoms with Gasteiger partial charge in [0.05, 0.1) is 16.9 Å². The van der Waals surface area contributed by atoms with Crippen molar-refractivity contribution in [3.8, 4) is 0 Å². The lowest BCUT2D eigenvalue weighted by Gasteiger charge is -2.32. The molecule has 8 heteroatoms. The SMILES string of the molecule is CC1(C)OB(c2ccc3c(c2)CN(C(=O)NC(/C=C\N)=C/N)C3)OC1(C)C. The van der Waals surface area contributed by atoms with Crippen molar-refractivity contribution < 1.29 is 14.1 Å². The van der Waals surface area contributed by atoms with E-state index in [1.54, 1.807) is 4.90 Å². The van der Waals surface area contributed by atoms with E-state index < -0.39 is 7.12 Å². The summed E-state index contributed by atoms with van der Waals surface area (Å²) in [5.74, 6) is 0. The zero-order valence-electron chi connectivity index (χ0n) is 16.3. The number of hydrogen-bond donors (Lipinski definition) is 3. The molecule has 0 aliphatic carbocycles. The zero-order valence-corrected chi connectivity index (χ0v) is 16.3. The van der Waals surface area contributed by atoms with Crippen LogP contribution < -0.4 is 22.2 Å². The van der Waals surface area contributed by atoms with E-state index in [0.29, 0.717) is 18.8 Å². The molecule has 0 saturated carbocycles. The third kappa shape index (κ3) is 3.68. The largest absolute Gasteiger partial charge is 0.494 e. The average molecular weight is 370 g/mol. The number of amides is 2. The highest BCUT2D eigenvalue weighted by molar-refractivity contribution is 6.62. The lowest BCUT2D eigenvalue weighted by molar-refractivity contribution is 0.00578. The number of allylic oxidation sites excluding steroid dienone is 1. The van der Waals surface area contributed by atoms with Crippen LogP contribution >= 0.6 is 0 Å². The number of nitrogens with two attached hydrogens (primary N) is 2. The maximum absolute atomic E-state index is 12.5. The van der Waals surface area contributed by atoms with Gasteiger partial charge in [0.1, 0.15) is 0 Å². The summed E-state index contributed by atoms with van der Waals surface area (Å²) >= 11 is 0. The van der Waals surface area contributed by atoms with E-state index in [9.17, 15) is 4.79 Å². The van der Waals surface area contributed by atoms with E-state index in [1.807, 2.05) is 39.8 Å². The normalized spacial score (nSPS) is 21.0. The van der Waals surface area contributed by atoms with Gasteiger partial charge in [0.25, 0.3) is 0 Å². The molecule has 2 amide bonds. The summed E-state index contributed by atoms with van der Waals surface area (Å²) in [4.78, 5) is 14.2. The number of nitrogens with zero attached hydrogens (tertiary/aromatic N) is 1. The first-order valence-electron chi connectivity index (χ1n) is 9.00. The fourth-order valence-electron chi connectivity index (χ4n) is 3.13. The Labute approximate surface area is 160 Å². The molecule has 0 spiro atoms. The highest BCUT2D eigenvalue weighted by Gasteiger charge is 2.51. The second kappa shape index (κ2) is 6.94. The zero-order chi connectivity index (χ0) is 19.8. The maximum Gasteiger partial charge on any atom is 0.494 e. The lowest BCUT2D eigenvalue weighted by atomic mass is 9.78. The van der Waals surface area contributed by atoms with Crippen molar-refractivity contribution in [3.05, 3.63) is 53.5 Å². The summed E-state index contributed by atoms with van der Waals surface area (Å²) in [5.41, 5.74) is 13.7. The van der Waals surface area contributed by atoms with Gasteiger partial charge in [-0.3, -0.25) is 0 Å². The van der Waals surface area contributed by atoms with Gasteiger partial charge in [-0.25, -0.2) is 4.79 Å². The van der Waals surface area contributed by atoms with Crippen molar-refractivity contribution in [1.82, 2.24) is 10.2 Å². The molecule has 1 saturated heterocycles. The second-order valence-electron chi connectivity index (χ2n) is 7.88. The molecule has 3 rings (SSSR count). The van der Waals surface area contributed by atoms with Crippen LogP contribution in [0.25, 0.3) is 0 Å². The summed E-state index contributed by atoms with van der Waals surface area (Å²) in [5, 5.41) is 2.74. The predicted octanol–water partition coefficient (Wildman–Crippen LogP) is 1.28. The Balaban J connectivity index is 1.71. The van der Waals surface area contributed by atoms with Gasteiger partial charge in [-0.2, -0.15) is 0 Å². The average Bonchev–Trinajstić information content (AvgIpc) is 3.11. The fourth-order valence-corrected chi connectivity index (χ4v) is 3.13. The molecule has 0 atom stereocenters. The van der Waals surface area contributed by atoms with Crippen molar-refractivity contribution >= 4 is 18.6 Å². The van der Waals surface area contributed by atoms with Crippen LogP contribution in [0.5, 0.6) is 0 Å². The van der Waals surface area contributed by atoms with Gasteiger partial charge < -0.3 is 31.0 Å². The minimum absolute atomic E-state index is 0.224. The molecule has 0 unspecified atom stereocenters. The van der Waals surface area contributed by atoms with Crippen molar-refractivity contribution in [3.63, 3.8) is 0 Å². The van der Waals surface area contributed by atoms with Crippen LogP contribution in [-0.4, -0.2) is 29.3 Å². The smallest absolute Gasteiger partial charge is 0.405 e. The number of carbonyl (C=O) groups is 1. The van der Waals surface area contributed by atoms with Crippen LogP contribution in [0.4, 0.5) is 4.79 Å². The molecule has 2 aliphatic rings. The van der Waals surface area contributed by atoms with Crippen LogP contribution in [0.2, 0.25) is 0 Å². The van der Waals surface area contributed by atoms with Crippen molar-refractivity contribution in [1.29, 1.82) is 0 Å². The number of carbonyl (C=O) groups excluding carboxylic acids is 1. The van der Waals surface area contributed by atoms with Crippen LogP contribution in [0.3, 0.4) is 0 Å². The summed E-state index contributed by atoms with van der Waals surface area (Å²) < 4.78 is 12.2. The van der Waals surface area contributed by atoms with Crippen LogP contribution in [0.15, 0.2) is 42.4 Å². The molecule has 1 aromatic rings. The summed E-state index contributed by atoms with van der Waals surface area (Å²) in [6.07, 6.45) is 4.17. The number of rotatable bonds is 3. The summed E-state index contributed by atoms with van der Waals surface area (Å²) in [7, 11) is -0.412. The monoisotopic (exact) mass is 370 g/mol. The minimum Gasteiger partial charge on any atom is -0.405 e. The Kier molecular flexibility index (Phi) is 4.97. The quantitative estimate of drug-likeness (QED) is 0.550. The Bertz CT molecular complexity index is 788. The van der Waals surface area contributed by atoms with Gasteiger partial charge in [-0.1, -0.05) is 18.2 Å². The highest BCUT2D eigenvalue weighted by atomic mass is 16.7. The summed E-state index contributed by atoms with van der Waals surface area (Å²) in [6.45, 7) is 9.18. The Morgan fingerprint density at radius 3 is 2.37 bits per heavy atom. The number of nitrogens with one attached hydrogen (secondary N) is 1. The van der Waals surface area contributed by atoms with Gasteiger partial charge in [-0.15, -0.1) is 0 Å². The fraction of sp³-hybridized carbons (Fsp3) is 0.421. The molecule has 1 fully saturated rings. The molecule has 2 aliphatic heterocycles. The highest BCUT2D eigenvalue weighted by Crippen LogP contribution is 2.36. The van der Waals surface area contributed by atoms with E-state index in [2.05, 4.69) is 11.4 Å². The second-order valence-corrected chi connectivity index (χ2v) is 7.88. The molecule has 1 aromatic carbocycles. The Hall–Kier alpha value is -2.45. The van der Waals surface area contributed by atoms with E-state index in [0.717, 1.165) is 16.6 Å². The minimum atomic E-state index is -0.412. The van der Waals surface area contributed by atoms with Crippen molar-refractivity contribution in [2.45, 2.75) is 52.0 Å². The van der Waals surface area contributed by atoms with Gasteiger partial charge in [0, 0.05) is 19.3 Å². The third-order valence-corrected chi connectivity index (χ3v) is 5.47. The standard InChI is InChI=1S/C19H27BN4O3/c1-18(2)19(3,4)27-20(26-18)15-6-5-13-11-24(12-14(13)9-15)17(25)23-16(10-22)7-8-21/h5-10H,11-12,21-22H2,1-4H3,(H,23,25)/b8-7-,16-10+. The van der Waals surface area contributed by atoms with Crippen LogP contribution in [0, 0.1) is 0 Å². The number of urea groups is 1. The molecule has 0 aromatic heterocycles.